The predicted octanol–water partition coefficient (Wildman–Crippen LogP) is 6.75. The van der Waals surface area contributed by atoms with Crippen LogP contribution < -0.4 is 0 Å². The van der Waals surface area contributed by atoms with E-state index in [1.807, 2.05) is 18.2 Å². The second-order valence-corrected chi connectivity index (χ2v) is 6.80. The summed E-state index contributed by atoms with van der Waals surface area (Å²) >= 11 is 13.9. The second kappa shape index (κ2) is 6.96. The Balaban J connectivity index is 2.15. The molecule has 1 aromatic heterocycles. The van der Waals surface area contributed by atoms with E-state index >= 15 is 0 Å². The smallest absolute Gasteiger partial charge is 0.138 e. The highest BCUT2D eigenvalue weighted by molar-refractivity contribution is 7.98. The van der Waals surface area contributed by atoms with Crippen molar-refractivity contribution < 1.29 is 0 Å². The number of halogens is 2. The molecular weight excluding hydrogens is 345 g/mol. The molecule has 0 radical (unpaired) electrons. The molecule has 0 atom stereocenters. The van der Waals surface area contributed by atoms with Crippen LogP contribution in [0, 0.1) is 6.92 Å². The number of aromatic nitrogens is 1. The third kappa shape index (κ3) is 3.40. The molecule has 3 aromatic rings. The first-order valence-electron chi connectivity index (χ1n) is 7.16. The Morgan fingerprint density at radius 1 is 0.913 bits per heavy atom. The molecule has 0 aliphatic rings. The van der Waals surface area contributed by atoms with Crippen LogP contribution >= 0.6 is 35.0 Å². The number of hydrogen-bond acceptors (Lipinski definition) is 2. The molecule has 0 N–H and O–H groups in total. The highest BCUT2D eigenvalue weighted by Crippen LogP contribution is 2.36. The van der Waals surface area contributed by atoms with Gasteiger partial charge >= 0.3 is 0 Å². The van der Waals surface area contributed by atoms with E-state index in [0.717, 1.165) is 11.1 Å². The maximum atomic E-state index is 6.25. The summed E-state index contributed by atoms with van der Waals surface area (Å²) in [5.41, 5.74) is 5.62. The Hall–Kier alpha value is -1.48. The molecule has 0 fully saturated rings. The molecule has 0 amide bonds. The topological polar surface area (TPSA) is 12.9 Å². The molecule has 2 aromatic carbocycles. The van der Waals surface area contributed by atoms with Gasteiger partial charge in [-0.2, -0.15) is 0 Å². The molecule has 23 heavy (non-hydrogen) atoms. The van der Waals surface area contributed by atoms with E-state index in [1.54, 1.807) is 17.8 Å². The highest BCUT2D eigenvalue weighted by Gasteiger charge is 2.11. The van der Waals surface area contributed by atoms with Crippen molar-refractivity contribution in [2.45, 2.75) is 11.8 Å². The summed E-state index contributed by atoms with van der Waals surface area (Å²) in [6, 6.07) is 18.4. The van der Waals surface area contributed by atoms with E-state index in [4.69, 9.17) is 23.2 Å². The van der Waals surface area contributed by atoms with Gasteiger partial charge in [-0.15, -0.1) is 11.8 Å². The Morgan fingerprint density at radius 2 is 1.65 bits per heavy atom. The molecule has 4 heteroatoms. The lowest BCUT2D eigenvalue weighted by Gasteiger charge is -2.13. The Bertz CT molecular complexity index is 862. The van der Waals surface area contributed by atoms with Crippen molar-refractivity contribution in [2.24, 2.45) is 0 Å². The first kappa shape index (κ1) is 16.4. The van der Waals surface area contributed by atoms with Crippen LogP contribution in [0.25, 0.3) is 22.3 Å². The predicted molar refractivity (Wildman–Crippen MR) is 102 cm³/mol. The Kier molecular flexibility index (Phi) is 4.96. The van der Waals surface area contributed by atoms with Crippen molar-refractivity contribution in [3.8, 4) is 22.3 Å². The second-order valence-electron chi connectivity index (χ2n) is 5.21. The maximum absolute atomic E-state index is 6.25. The quantitative estimate of drug-likeness (QED) is 0.378. The van der Waals surface area contributed by atoms with E-state index < -0.39 is 0 Å². The van der Waals surface area contributed by atoms with E-state index in [0.29, 0.717) is 10.3 Å². The van der Waals surface area contributed by atoms with Gasteiger partial charge in [0, 0.05) is 10.5 Å². The monoisotopic (exact) mass is 359 g/mol. The van der Waals surface area contributed by atoms with Crippen LogP contribution in [-0.2, 0) is 0 Å². The summed E-state index contributed by atoms with van der Waals surface area (Å²) < 4.78 is 0. The van der Waals surface area contributed by atoms with Crippen LogP contribution in [0.5, 0.6) is 0 Å². The van der Waals surface area contributed by atoms with Crippen molar-refractivity contribution in [3.63, 3.8) is 0 Å². The van der Waals surface area contributed by atoms with Gasteiger partial charge in [0.05, 0.1) is 0 Å². The van der Waals surface area contributed by atoms with Crippen LogP contribution in [-0.4, -0.2) is 11.2 Å². The number of pyridine rings is 1. The van der Waals surface area contributed by atoms with Crippen molar-refractivity contribution in [1.29, 1.82) is 0 Å². The van der Waals surface area contributed by atoms with Crippen LogP contribution in [0.4, 0.5) is 0 Å². The average molecular weight is 360 g/mol. The molecule has 0 aliphatic carbocycles. The lowest BCUT2D eigenvalue weighted by Crippen LogP contribution is -1.89. The summed E-state index contributed by atoms with van der Waals surface area (Å²) in [7, 11) is 0. The minimum Gasteiger partial charge on any atom is -0.224 e. The molecule has 1 nitrogen and oxygen atoms in total. The zero-order valence-electron chi connectivity index (χ0n) is 12.8. The Labute approximate surface area is 150 Å². The van der Waals surface area contributed by atoms with Crippen LogP contribution in [0.15, 0.2) is 59.5 Å². The molecule has 116 valence electrons. The van der Waals surface area contributed by atoms with Crippen LogP contribution in [0.2, 0.25) is 10.3 Å². The Morgan fingerprint density at radius 3 is 2.39 bits per heavy atom. The molecular formula is C19H15Cl2NS. The molecule has 0 saturated carbocycles. The number of rotatable bonds is 3. The zero-order valence-corrected chi connectivity index (χ0v) is 15.1. The third-order valence-corrected chi connectivity index (χ3v) is 5.01. The van der Waals surface area contributed by atoms with E-state index in [-0.39, 0.29) is 0 Å². The van der Waals surface area contributed by atoms with Gasteiger partial charge in [-0.25, -0.2) is 4.98 Å². The molecule has 0 saturated heterocycles. The van der Waals surface area contributed by atoms with E-state index in [2.05, 4.69) is 48.5 Å². The van der Waals surface area contributed by atoms with Crippen molar-refractivity contribution in [1.82, 2.24) is 4.98 Å². The minimum absolute atomic E-state index is 0.401. The zero-order chi connectivity index (χ0) is 16.4. The summed E-state index contributed by atoms with van der Waals surface area (Å²) in [5.74, 6) is 0. The average Bonchev–Trinajstić information content (AvgIpc) is 2.54. The van der Waals surface area contributed by atoms with Gasteiger partial charge in [0.2, 0.25) is 0 Å². The van der Waals surface area contributed by atoms with Crippen molar-refractivity contribution in [2.75, 3.05) is 6.26 Å². The fourth-order valence-electron chi connectivity index (χ4n) is 2.65. The molecule has 0 unspecified atom stereocenters. The van der Waals surface area contributed by atoms with Gasteiger partial charge in [0.1, 0.15) is 10.3 Å². The summed E-state index contributed by atoms with van der Waals surface area (Å²) in [4.78, 5) is 5.40. The first-order chi connectivity index (χ1) is 11.1. The number of hydrogen-bond donors (Lipinski definition) is 0. The molecule has 0 bridgehead atoms. The minimum atomic E-state index is 0.401. The standard InChI is InChI=1S/C19H15Cl2NS/c1-12-5-3-8-16(23-2)18(12)14-7-4-6-13(11-14)15-9-10-17(20)22-19(15)21/h3-11H,1-2H3. The fourth-order valence-corrected chi connectivity index (χ4v) is 3.80. The summed E-state index contributed by atoms with van der Waals surface area (Å²) in [6.07, 6.45) is 2.10. The van der Waals surface area contributed by atoms with Crippen LogP contribution in [0.3, 0.4) is 0 Å². The molecule has 3 rings (SSSR count). The maximum Gasteiger partial charge on any atom is 0.138 e. The van der Waals surface area contributed by atoms with Gasteiger partial charge in [-0.05, 0) is 59.7 Å². The largest absolute Gasteiger partial charge is 0.224 e. The third-order valence-electron chi connectivity index (χ3n) is 3.73. The lowest BCUT2D eigenvalue weighted by molar-refractivity contribution is 1.32. The number of benzene rings is 2. The summed E-state index contributed by atoms with van der Waals surface area (Å²) in [5, 5.41) is 0.822. The SMILES string of the molecule is CSc1cccc(C)c1-c1cccc(-c2ccc(Cl)nc2Cl)c1. The van der Waals surface area contributed by atoms with Gasteiger partial charge in [-0.1, -0.05) is 53.5 Å². The summed E-state index contributed by atoms with van der Waals surface area (Å²) in [6.45, 7) is 2.14. The lowest BCUT2D eigenvalue weighted by atomic mass is 9.97. The van der Waals surface area contributed by atoms with Gasteiger partial charge in [-0.3, -0.25) is 0 Å². The van der Waals surface area contributed by atoms with E-state index in [1.165, 1.54) is 21.6 Å². The van der Waals surface area contributed by atoms with Gasteiger partial charge in [0.15, 0.2) is 0 Å². The van der Waals surface area contributed by atoms with Gasteiger partial charge < -0.3 is 0 Å². The molecule has 0 aliphatic heterocycles. The fraction of sp³-hybridized carbons (Fsp3) is 0.105. The number of thioether (sulfide) groups is 1. The molecule has 1 heterocycles. The molecule has 0 spiro atoms. The van der Waals surface area contributed by atoms with Gasteiger partial charge in [0.25, 0.3) is 0 Å². The first-order valence-corrected chi connectivity index (χ1v) is 9.14. The number of aryl methyl sites for hydroxylation is 1. The van der Waals surface area contributed by atoms with Crippen molar-refractivity contribution in [3.05, 3.63) is 70.5 Å². The van der Waals surface area contributed by atoms with Crippen LogP contribution in [0.1, 0.15) is 5.56 Å². The van der Waals surface area contributed by atoms with Crippen molar-refractivity contribution >= 4 is 35.0 Å². The number of nitrogens with zero attached hydrogens (tertiary/aromatic N) is 1. The normalized spacial score (nSPS) is 10.8. The highest BCUT2D eigenvalue weighted by atomic mass is 35.5. The van der Waals surface area contributed by atoms with E-state index in [9.17, 15) is 0 Å².